The third kappa shape index (κ3) is 3.00. The van der Waals surface area contributed by atoms with E-state index in [4.69, 9.17) is 0 Å². The van der Waals surface area contributed by atoms with E-state index in [9.17, 15) is 10.2 Å². The summed E-state index contributed by atoms with van der Waals surface area (Å²) >= 11 is 1.58. The van der Waals surface area contributed by atoms with Gasteiger partial charge in [-0.25, -0.2) is 4.98 Å². The Bertz CT molecular complexity index is 479. The molecule has 2 rings (SSSR count). The van der Waals surface area contributed by atoms with Crippen LogP contribution in [0.4, 0.5) is 0 Å². The highest BCUT2D eigenvalue weighted by atomic mass is 32.1. The van der Waals surface area contributed by atoms with Gasteiger partial charge in [0.2, 0.25) is 0 Å². The monoisotopic (exact) mass is 264 g/mol. The molecule has 18 heavy (non-hydrogen) atoms. The summed E-state index contributed by atoms with van der Waals surface area (Å²) < 4.78 is 0. The minimum absolute atomic E-state index is 0.107. The van der Waals surface area contributed by atoms with Crippen LogP contribution in [-0.4, -0.2) is 21.7 Å². The van der Waals surface area contributed by atoms with Crippen molar-refractivity contribution in [2.24, 2.45) is 0 Å². The van der Waals surface area contributed by atoms with E-state index in [0.717, 1.165) is 18.7 Å². The number of thiazole rings is 1. The largest absolute Gasteiger partial charge is 0.507 e. The zero-order valence-corrected chi connectivity index (χ0v) is 10.9. The quantitative estimate of drug-likeness (QED) is 0.776. The number of aromatic hydroxyl groups is 2. The number of nitrogens with one attached hydrogen (secondary N) is 1. The molecule has 0 saturated carbocycles. The second kappa shape index (κ2) is 5.84. The average molecular weight is 264 g/mol. The highest BCUT2D eigenvalue weighted by molar-refractivity contribution is 7.07. The molecule has 0 aliphatic carbocycles. The van der Waals surface area contributed by atoms with Crippen molar-refractivity contribution < 1.29 is 10.2 Å². The molecule has 4 nitrogen and oxygen atoms in total. The first kappa shape index (κ1) is 12.9. The number of aromatic nitrogens is 1. The second-order valence-corrected chi connectivity index (χ2v) is 4.83. The molecule has 0 amide bonds. The second-order valence-electron chi connectivity index (χ2n) is 4.12. The minimum atomic E-state index is -0.107. The molecule has 3 N–H and O–H groups in total. The van der Waals surface area contributed by atoms with Gasteiger partial charge in [0.05, 0.1) is 16.8 Å². The van der Waals surface area contributed by atoms with Crippen LogP contribution in [0.1, 0.15) is 24.2 Å². The van der Waals surface area contributed by atoms with Crippen LogP contribution in [0.25, 0.3) is 0 Å². The van der Waals surface area contributed by atoms with Gasteiger partial charge in [-0.05, 0) is 19.1 Å². The molecule has 2 aromatic rings. The highest BCUT2D eigenvalue weighted by Crippen LogP contribution is 2.31. The van der Waals surface area contributed by atoms with Crippen LogP contribution in [0.3, 0.4) is 0 Å². The van der Waals surface area contributed by atoms with Gasteiger partial charge in [-0.15, -0.1) is 11.3 Å². The van der Waals surface area contributed by atoms with Gasteiger partial charge in [0.1, 0.15) is 11.5 Å². The first-order chi connectivity index (χ1) is 8.68. The van der Waals surface area contributed by atoms with Gasteiger partial charge < -0.3 is 15.5 Å². The van der Waals surface area contributed by atoms with Crippen LogP contribution in [0.15, 0.2) is 29.1 Å². The van der Waals surface area contributed by atoms with Gasteiger partial charge in [0.15, 0.2) is 0 Å². The van der Waals surface area contributed by atoms with E-state index >= 15 is 0 Å². The van der Waals surface area contributed by atoms with Crippen LogP contribution >= 0.6 is 11.3 Å². The van der Waals surface area contributed by atoms with Crippen LogP contribution in [0.2, 0.25) is 0 Å². The number of phenolic OH excluding ortho intramolecular Hbond substituents is 2. The minimum Gasteiger partial charge on any atom is -0.507 e. The van der Waals surface area contributed by atoms with E-state index in [1.165, 1.54) is 0 Å². The number of hydrogen-bond acceptors (Lipinski definition) is 5. The molecule has 1 heterocycles. The number of phenols is 2. The van der Waals surface area contributed by atoms with Crippen molar-refractivity contribution in [2.75, 3.05) is 6.54 Å². The highest BCUT2D eigenvalue weighted by Gasteiger charge is 2.14. The molecule has 0 fully saturated rings. The van der Waals surface area contributed by atoms with Crippen molar-refractivity contribution in [3.8, 4) is 11.5 Å². The summed E-state index contributed by atoms with van der Waals surface area (Å²) in [6.07, 6.45) is 0.836. The van der Waals surface area contributed by atoms with Gasteiger partial charge >= 0.3 is 0 Å². The fourth-order valence-electron chi connectivity index (χ4n) is 1.86. The third-order valence-corrected chi connectivity index (χ3v) is 3.44. The molecule has 0 saturated heterocycles. The number of hydrogen-bond donors (Lipinski definition) is 3. The van der Waals surface area contributed by atoms with Gasteiger partial charge in [-0.1, -0.05) is 6.07 Å². The summed E-state index contributed by atoms with van der Waals surface area (Å²) in [6, 6.07) is 4.67. The predicted molar refractivity (Wildman–Crippen MR) is 72.0 cm³/mol. The average Bonchev–Trinajstić information content (AvgIpc) is 2.82. The lowest BCUT2D eigenvalue weighted by Crippen LogP contribution is -2.21. The predicted octanol–water partition coefficient (Wildman–Crippen LogP) is 2.45. The molecular formula is C13H16N2O2S. The maximum atomic E-state index is 9.73. The van der Waals surface area contributed by atoms with Crippen molar-refractivity contribution in [2.45, 2.75) is 19.4 Å². The van der Waals surface area contributed by atoms with Crippen LogP contribution in [0, 0.1) is 0 Å². The van der Waals surface area contributed by atoms with E-state index in [1.807, 2.05) is 17.8 Å². The summed E-state index contributed by atoms with van der Waals surface area (Å²) in [4.78, 5) is 4.20. The van der Waals surface area contributed by atoms with E-state index in [0.29, 0.717) is 5.56 Å². The molecule has 5 heteroatoms. The summed E-state index contributed by atoms with van der Waals surface area (Å²) in [5.74, 6) is 0.229. The third-order valence-electron chi connectivity index (χ3n) is 2.81. The van der Waals surface area contributed by atoms with Crippen molar-refractivity contribution in [1.82, 2.24) is 10.3 Å². The Morgan fingerprint density at radius 3 is 2.67 bits per heavy atom. The fraction of sp³-hybridized carbons (Fsp3) is 0.308. The number of benzene rings is 1. The van der Waals surface area contributed by atoms with Crippen molar-refractivity contribution in [3.05, 3.63) is 40.3 Å². The van der Waals surface area contributed by atoms with Gasteiger partial charge in [0.25, 0.3) is 0 Å². The van der Waals surface area contributed by atoms with Gasteiger partial charge in [-0.2, -0.15) is 0 Å². The number of nitrogens with zero attached hydrogens (tertiary/aromatic N) is 1. The SMILES string of the molecule is CC(NCCc1cscn1)c1c(O)cccc1O. The summed E-state index contributed by atoms with van der Waals surface area (Å²) in [6.45, 7) is 2.66. The van der Waals surface area contributed by atoms with Crippen LogP contribution in [0.5, 0.6) is 11.5 Å². The van der Waals surface area contributed by atoms with Crippen LogP contribution in [-0.2, 0) is 6.42 Å². The van der Waals surface area contributed by atoms with Gasteiger partial charge in [0, 0.05) is 24.4 Å². The molecule has 0 radical (unpaired) electrons. The van der Waals surface area contributed by atoms with E-state index in [2.05, 4.69) is 10.3 Å². The van der Waals surface area contributed by atoms with E-state index in [1.54, 1.807) is 29.5 Å². The molecule has 1 atom stereocenters. The van der Waals surface area contributed by atoms with Crippen molar-refractivity contribution in [3.63, 3.8) is 0 Å². The zero-order valence-electron chi connectivity index (χ0n) is 10.1. The lowest BCUT2D eigenvalue weighted by molar-refractivity contribution is 0.419. The lowest BCUT2D eigenvalue weighted by atomic mass is 10.1. The molecule has 1 aromatic carbocycles. The first-order valence-corrected chi connectivity index (χ1v) is 6.74. The Balaban J connectivity index is 1.93. The van der Waals surface area contributed by atoms with E-state index < -0.39 is 0 Å². The maximum absolute atomic E-state index is 9.73. The summed E-state index contributed by atoms with van der Waals surface area (Å²) in [7, 11) is 0. The smallest absolute Gasteiger partial charge is 0.124 e. The first-order valence-electron chi connectivity index (χ1n) is 5.79. The lowest BCUT2D eigenvalue weighted by Gasteiger charge is -2.16. The zero-order chi connectivity index (χ0) is 13.0. The maximum Gasteiger partial charge on any atom is 0.124 e. The molecule has 0 spiro atoms. The summed E-state index contributed by atoms with van der Waals surface area (Å²) in [5, 5.41) is 24.7. The Hall–Kier alpha value is -1.59. The molecule has 0 bridgehead atoms. The molecular weight excluding hydrogens is 248 g/mol. The van der Waals surface area contributed by atoms with Crippen LogP contribution < -0.4 is 5.32 Å². The van der Waals surface area contributed by atoms with Crippen molar-refractivity contribution >= 4 is 11.3 Å². The summed E-state index contributed by atoms with van der Waals surface area (Å²) in [5.41, 5.74) is 3.41. The molecule has 1 aromatic heterocycles. The van der Waals surface area contributed by atoms with Crippen molar-refractivity contribution in [1.29, 1.82) is 0 Å². The molecule has 96 valence electrons. The molecule has 1 unspecified atom stereocenters. The Labute approximate surface area is 110 Å². The Morgan fingerprint density at radius 1 is 1.33 bits per heavy atom. The number of rotatable bonds is 5. The standard InChI is InChI=1S/C13H16N2O2S/c1-9(13-11(16)3-2-4-12(13)17)14-6-5-10-7-18-8-15-10/h2-4,7-9,14,16-17H,5-6H2,1H3. The fourth-order valence-corrected chi connectivity index (χ4v) is 2.46. The van der Waals surface area contributed by atoms with Gasteiger partial charge in [-0.3, -0.25) is 0 Å². The Kier molecular flexibility index (Phi) is 4.17. The normalized spacial score (nSPS) is 12.5. The topological polar surface area (TPSA) is 65.4 Å². The Morgan fingerprint density at radius 2 is 2.06 bits per heavy atom. The molecule has 0 aliphatic heterocycles. The molecule has 0 aliphatic rings. The van der Waals surface area contributed by atoms with E-state index in [-0.39, 0.29) is 17.5 Å².